The van der Waals surface area contributed by atoms with Gasteiger partial charge in [-0.1, -0.05) is 219 Å². The first-order chi connectivity index (χ1) is 20.3. The third-order valence-electron chi connectivity index (χ3n) is 9.00. The fourth-order valence-corrected chi connectivity index (χ4v) is 6.31. The molecule has 1 nitrogen and oxygen atoms in total. The Morgan fingerprint density at radius 1 is 0.317 bits per heavy atom. The van der Waals surface area contributed by atoms with Crippen LogP contribution in [0.4, 0.5) is 0 Å². The van der Waals surface area contributed by atoms with Gasteiger partial charge in [0.25, 0.3) is 0 Å². The van der Waals surface area contributed by atoms with Crippen LogP contribution in [0.25, 0.3) is 0 Å². The highest BCUT2D eigenvalue weighted by molar-refractivity contribution is 7.80. The van der Waals surface area contributed by atoms with E-state index < -0.39 is 0 Å². The first-order valence-corrected chi connectivity index (χ1v) is 19.9. The van der Waals surface area contributed by atoms with Gasteiger partial charge in [-0.05, 0) is 25.1 Å². The fraction of sp³-hybridized carbons (Fsp3) is 0.974. The molecule has 0 amide bonds. The molecule has 0 radical (unpaired) electrons. The number of ether oxygens (including phenoxy) is 1. The van der Waals surface area contributed by atoms with Crippen molar-refractivity contribution < 1.29 is 4.74 Å². The minimum atomic E-state index is 0.844. The Kier molecular flexibility index (Phi) is 37.8. The van der Waals surface area contributed by atoms with Crippen molar-refractivity contribution in [2.24, 2.45) is 0 Å². The highest BCUT2D eigenvalue weighted by Gasteiger charge is 2.00. The van der Waals surface area contributed by atoms with Crippen molar-refractivity contribution in [3.8, 4) is 0 Å². The van der Waals surface area contributed by atoms with E-state index in [1.54, 1.807) is 0 Å². The standard InChI is InChI=1S/C39H78OS/c1-3-5-7-9-11-13-15-17-19-21-22-23-25-27-29-31-33-35-37-39(41)40-38-36-34-32-30-28-26-24-20-18-16-14-12-10-8-6-4-2/h3-38H2,1-2H3. The maximum Gasteiger partial charge on any atom is 0.159 e. The molecular weight excluding hydrogens is 516 g/mol. The van der Waals surface area contributed by atoms with Gasteiger partial charge < -0.3 is 4.74 Å². The molecule has 0 aliphatic heterocycles. The highest BCUT2D eigenvalue weighted by atomic mass is 32.1. The maximum atomic E-state index is 5.83. The van der Waals surface area contributed by atoms with Gasteiger partial charge in [0.1, 0.15) is 0 Å². The quantitative estimate of drug-likeness (QED) is 0.0527. The summed E-state index contributed by atoms with van der Waals surface area (Å²) in [4.78, 5) is 0. The van der Waals surface area contributed by atoms with Crippen LogP contribution in [-0.4, -0.2) is 11.7 Å². The molecule has 0 heterocycles. The number of hydrogen-bond acceptors (Lipinski definition) is 2. The average Bonchev–Trinajstić information content (AvgIpc) is 2.98. The minimum Gasteiger partial charge on any atom is -0.487 e. The van der Waals surface area contributed by atoms with Gasteiger partial charge in [-0.2, -0.15) is 0 Å². The zero-order valence-corrected chi connectivity index (χ0v) is 29.6. The number of hydrogen-bond donors (Lipinski definition) is 0. The van der Waals surface area contributed by atoms with Crippen molar-refractivity contribution in [3.05, 3.63) is 0 Å². The van der Waals surface area contributed by atoms with Crippen molar-refractivity contribution in [2.75, 3.05) is 6.61 Å². The summed E-state index contributed by atoms with van der Waals surface area (Å²) < 4.78 is 5.83. The Balaban J connectivity index is 3.14. The summed E-state index contributed by atoms with van der Waals surface area (Å²) in [5, 5.41) is 0.863. The normalized spacial score (nSPS) is 11.4. The summed E-state index contributed by atoms with van der Waals surface area (Å²) in [6.07, 6.45) is 49.2. The van der Waals surface area contributed by atoms with E-state index in [0.717, 1.165) is 18.1 Å². The van der Waals surface area contributed by atoms with Gasteiger partial charge in [0.2, 0.25) is 0 Å². The maximum absolute atomic E-state index is 5.83. The lowest BCUT2D eigenvalue weighted by atomic mass is 10.0. The SMILES string of the molecule is CCCCCCCCCCCCCCCCCCCCC(=S)OCCCCCCCCCCCCCCCCCC. The molecule has 0 saturated heterocycles. The monoisotopic (exact) mass is 595 g/mol. The Hall–Kier alpha value is -0.110. The van der Waals surface area contributed by atoms with E-state index in [1.165, 1.54) is 218 Å². The Labute approximate surface area is 266 Å². The van der Waals surface area contributed by atoms with Crippen LogP contribution in [0, 0.1) is 0 Å². The largest absolute Gasteiger partial charge is 0.487 e. The van der Waals surface area contributed by atoms with Gasteiger partial charge in [0.05, 0.1) is 6.61 Å². The third kappa shape index (κ3) is 37.9. The zero-order chi connectivity index (χ0) is 29.7. The van der Waals surface area contributed by atoms with Crippen molar-refractivity contribution in [1.29, 1.82) is 0 Å². The second-order valence-electron chi connectivity index (χ2n) is 13.3. The molecule has 246 valence electrons. The van der Waals surface area contributed by atoms with E-state index in [4.69, 9.17) is 17.0 Å². The van der Waals surface area contributed by atoms with Crippen LogP contribution < -0.4 is 0 Å². The lowest BCUT2D eigenvalue weighted by Gasteiger charge is -2.08. The van der Waals surface area contributed by atoms with Gasteiger partial charge >= 0.3 is 0 Å². The van der Waals surface area contributed by atoms with E-state index in [0.29, 0.717) is 0 Å². The molecule has 0 N–H and O–H groups in total. The Morgan fingerprint density at radius 3 is 0.805 bits per heavy atom. The zero-order valence-electron chi connectivity index (χ0n) is 28.8. The summed E-state index contributed by atoms with van der Waals surface area (Å²) in [6.45, 7) is 5.45. The summed E-state index contributed by atoms with van der Waals surface area (Å²) in [6, 6.07) is 0. The number of unbranched alkanes of at least 4 members (excludes halogenated alkanes) is 32. The van der Waals surface area contributed by atoms with Crippen LogP contribution in [0.1, 0.15) is 239 Å². The molecule has 0 aromatic heterocycles. The molecule has 0 atom stereocenters. The van der Waals surface area contributed by atoms with Crippen molar-refractivity contribution in [1.82, 2.24) is 0 Å². The second kappa shape index (κ2) is 37.9. The molecular formula is C39H78OS. The third-order valence-corrected chi connectivity index (χ3v) is 9.32. The van der Waals surface area contributed by atoms with Gasteiger partial charge in [-0.15, -0.1) is 0 Å². The summed E-state index contributed by atoms with van der Waals surface area (Å²) in [5.41, 5.74) is 0. The fourth-order valence-electron chi connectivity index (χ4n) is 6.08. The van der Waals surface area contributed by atoms with Crippen LogP contribution in [0.5, 0.6) is 0 Å². The van der Waals surface area contributed by atoms with Crippen molar-refractivity contribution in [3.63, 3.8) is 0 Å². The van der Waals surface area contributed by atoms with E-state index in [9.17, 15) is 0 Å². The molecule has 0 saturated carbocycles. The second-order valence-corrected chi connectivity index (χ2v) is 13.7. The minimum absolute atomic E-state index is 0.844. The van der Waals surface area contributed by atoms with Gasteiger partial charge in [-0.3, -0.25) is 0 Å². The van der Waals surface area contributed by atoms with E-state index in [2.05, 4.69) is 13.8 Å². The molecule has 0 unspecified atom stereocenters. The summed E-state index contributed by atoms with van der Waals surface area (Å²) in [5.74, 6) is 0. The average molecular weight is 595 g/mol. The van der Waals surface area contributed by atoms with Gasteiger partial charge in [0.15, 0.2) is 5.05 Å². The van der Waals surface area contributed by atoms with Crippen LogP contribution >= 0.6 is 12.2 Å². The Bertz CT molecular complexity index is 476. The number of thiocarbonyl (C=S) groups is 1. The topological polar surface area (TPSA) is 9.23 Å². The number of rotatable bonds is 36. The molecule has 0 rings (SSSR count). The van der Waals surface area contributed by atoms with E-state index >= 15 is 0 Å². The predicted octanol–water partition coefficient (Wildman–Crippen LogP) is 15.0. The smallest absolute Gasteiger partial charge is 0.159 e. The van der Waals surface area contributed by atoms with E-state index in [-0.39, 0.29) is 0 Å². The molecule has 0 spiro atoms. The lowest BCUT2D eigenvalue weighted by Crippen LogP contribution is -2.03. The molecule has 0 aromatic rings. The molecule has 0 aromatic carbocycles. The van der Waals surface area contributed by atoms with Crippen LogP contribution in [0.15, 0.2) is 0 Å². The molecule has 0 bridgehead atoms. The highest BCUT2D eigenvalue weighted by Crippen LogP contribution is 2.16. The molecule has 41 heavy (non-hydrogen) atoms. The van der Waals surface area contributed by atoms with Crippen LogP contribution in [0.2, 0.25) is 0 Å². The summed E-state index contributed by atoms with van der Waals surface area (Å²) in [7, 11) is 0. The van der Waals surface area contributed by atoms with Gasteiger partial charge in [-0.25, -0.2) is 0 Å². The lowest BCUT2D eigenvalue weighted by molar-refractivity contribution is 0.290. The Morgan fingerprint density at radius 2 is 0.537 bits per heavy atom. The predicted molar refractivity (Wildman–Crippen MR) is 191 cm³/mol. The van der Waals surface area contributed by atoms with Crippen molar-refractivity contribution >= 4 is 17.3 Å². The van der Waals surface area contributed by atoms with Crippen LogP contribution in [-0.2, 0) is 4.74 Å². The molecule has 0 aliphatic rings. The van der Waals surface area contributed by atoms with Crippen molar-refractivity contribution in [2.45, 2.75) is 239 Å². The first-order valence-electron chi connectivity index (χ1n) is 19.5. The molecule has 0 fully saturated rings. The van der Waals surface area contributed by atoms with E-state index in [1.807, 2.05) is 0 Å². The summed E-state index contributed by atoms with van der Waals surface area (Å²) >= 11 is 5.46. The first kappa shape index (κ1) is 40.9. The molecule has 2 heteroatoms. The van der Waals surface area contributed by atoms with Gasteiger partial charge in [0, 0.05) is 6.42 Å². The molecule has 0 aliphatic carbocycles. The van der Waals surface area contributed by atoms with Crippen LogP contribution in [0.3, 0.4) is 0 Å².